The van der Waals surface area contributed by atoms with E-state index in [1.165, 1.54) is 0 Å². The Morgan fingerprint density at radius 2 is 2.25 bits per heavy atom. The van der Waals surface area contributed by atoms with Crippen LogP contribution in [-0.2, 0) is 9.53 Å². The van der Waals surface area contributed by atoms with Crippen LogP contribution in [-0.4, -0.2) is 37.1 Å². The Hall–Kier alpha value is -0.570. The fraction of sp³-hybridized carbons (Fsp3) is 0.923. The second-order valence-corrected chi connectivity index (χ2v) is 5.88. The van der Waals surface area contributed by atoms with Gasteiger partial charge < -0.3 is 9.64 Å². The monoisotopic (exact) mass is 225 g/mol. The lowest BCUT2D eigenvalue weighted by atomic mass is 9.78. The maximum atomic E-state index is 12.2. The van der Waals surface area contributed by atoms with E-state index in [1.807, 2.05) is 0 Å². The van der Waals surface area contributed by atoms with E-state index in [4.69, 9.17) is 4.74 Å². The Morgan fingerprint density at radius 1 is 1.50 bits per heavy atom. The fourth-order valence-electron chi connectivity index (χ4n) is 2.63. The summed E-state index contributed by atoms with van der Waals surface area (Å²) in [7, 11) is 0. The number of carbonyl (C=O) groups is 1. The molecule has 0 N–H and O–H groups in total. The molecule has 0 saturated carbocycles. The van der Waals surface area contributed by atoms with E-state index in [-0.39, 0.29) is 5.92 Å². The predicted octanol–water partition coefficient (Wildman–Crippen LogP) is 1.92. The first kappa shape index (κ1) is 11.9. The average Bonchev–Trinajstić information content (AvgIpc) is 2.85. The molecule has 0 radical (unpaired) electrons. The summed E-state index contributed by atoms with van der Waals surface area (Å²) in [6, 6.07) is 0. The van der Waals surface area contributed by atoms with E-state index in [1.54, 1.807) is 0 Å². The molecule has 92 valence electrons. The van der Waals surface area contributed by atoms with Gasteiger partial charge in [-0.1, -0.05) is 20.8 Å². The molecular weight excluding hydrogens is 202 g/mol. The maximum Gasteiger partial charge on any atom is 0.228 e. The van der Waals surface area contributed by atoms with Crippen molar-refractivity contribution in [1.29, 1.82) is 0 Å². The highest BCUT2D eigenvalue weighted by atomic mass is 16.5. The zero-order valence-electron chi connectivity index (χ0n) is 10.7. The summed E-state index contributed by atoms with van der Waals surface area (Å²) in [5, 5.41) is 0. The molecule has 2 fully saturated rings. The molecule has 0 unspecified atom stereocenters. The van der Waals surface area contributed by atoms with Gasteiger partial charge in [0.15, 0.2) is 0 Å². The lowest BCUT2D eigenvalue weighted by molar-refractivity contribution is -0.134. The first-order chi connectivity index (χ1) is 7.53. The molecule has 2 atom stereocenters. The average molecular weight is 225 g/mol. The number of ether oxygens (including phenoxy) is 1. The molecule has 2 aliphatic rings. The minimum absolute atomic E-state index is 0.134. The SMILES string of the molecule is CC(C)[C@@]1(C)CCN(C(=O)[C@H]2CCOC2)C1. The molecule has 0 aromatic rings. The molecule has 2 aliphatic heterocycles. The summed E-state index contributed by atoms with van der Waals surface area (Å²) in [5.74, 6) is 1.10. The van der Waals surface area contributed by atoms with Crippen LogP contribution < -0.4 is 0 Å². The third-order valence-electron chi connectivity index (χ3n) is 4.49. The second-order valence-electron chi connectivity index (χ2n) is 5.88. The summed E-state index contributed by atoms with van der Waals surface area (Å²) >= 11 is 0. The standard InChI is InChI=1S/C13H23NO2/c1-10(2)13(3)5-6-14(9-13)12(15)11-4-7-16-8-11/h10-11H,4-9H2,1-3H3/t11-,13-/m0/s1. The fourth-order valence-corrected chi connectivity index (χ4v) is 2.63. The number of rotatable bonds is 2. The van der Waals surface area contributed by atoms with Gasteiger partial charge in [-0.05, 0) is 24.2 Å². The first-order valence-corrected chi connectivity index (χ1v) is 6.39. The maximum absolute atomic E-state index is 12.2. The van der Waals surface area contributed by atoms with Gasteiger partial charge in [0.05, 0.1) is 12.5 Å². The van der Waals surface area contributed by atoms with Crippen LogP contribution in [0.4, 0.5) is 0 Å². The number of nitrogens with zero attached hydrogens (tertiary/aromatic N) is 1. The summed E-state index contributed by atoms with van der Waals surface area (Å²) in [4.78, 5) is 14.3. The first-order valence-electron chi connectivity index (χ1n) is 6.39. The van der Waals surface area contributed by atoms with E-state index >= 15 is 0 Å². The Labute approximate surface area is 98.1 Å². The predicted molar refractivity (Wildman–Crippen MR) is 63.1 cm³/mol. The van der Waals surface area contributed by atoms with Crippen molar-refractivity contribution in [1.82, 2.24) is 4.90 Å². The molecule has 0 aromatic heterocycles. The van der Waals surface area contributed by atoms with Gasteiger partial charge in [-0.3, -0.25) is 4.79 Å². The number of hydrogen-bond acceptors (Lipinski definition) is 2. The van der Waals surface area contributed by atoms with Crippen LogP contribution in [0.1, 0.15) is 33.6 Å². The molecule has 0 spiro atoms. The van der Waals surface area contributed by atoms with Crippen LogP contribution in [0.5, 0.6) is 0 Å². The molecule has 1 amide bonds. The molecule has 0 bridgehead atoms. The third-order valence-corrected chi connectivity index (χ3v) is 4.49. The van der Waals surface area contributed by atoms with Gasteiger partial charge in [-0.25, -0.2) is 0 Å². The molecule has 2 heterocycles. The van der Waals surface area contributed by atoms with E-state index in [0.717, 1.165) is 32.5 Å². The van der Waals surface area contributed by atoms with Crippen LogP contribution in [0.3, 0.4) is 0 Å². The van der Waals surface area contributed by atoms with Gasteiger partial charge in [0.25, 0.3) is 0 Å². The van der Waals surface area contributed by atoms with E-state index in [2.05, 4.69) is 25.7 Å². The highest BCUT2D eigenvalue weighted by molar-refractivity contribution is 5.79. The van der Waals surface area contributed by atoms with Crippen molar-refractivity contribution in [3.05, 3.63) is 0 Å². The Morgan fingerprint density at radius 3 is 2.75 bits per heavy atom. The van der Waals surface area contributed by atoms with Crippen LogP contribution in [0.15, 0.2) is 0 Å². The molecular formula is C13H23NO2. The summed E-state index contributed by atoms with van der Waals surface area (Å²) < 4.78 is 5.29. The largest absolute Gasteiger partial charge is 0.381 e. The Kier molecular flexibility index (Phi) is 3.24. The van der Waals surface area contributed by atoms with Crippen molar-refractivity contribution >= 4 is 5.91 Å². The van der Waals surface area contributed by atoms with Gasteiger partial charge in [0.1, 0.15) is 0 Å². The minimum atomic E-state index is 0.134. The molecule has 16 heavy (non-hydrogen) atoms. The van der Waals surface area contributed by atoms with Crippen molar-refractivity contribution < 1.29 is 9.53 Å². The molecule has 2 rings (SSSR count). The summed E-state index contributed by atoms with van der Waals surface area (Å²) in [5.41, 5.74) is 0.315. The lowest BCUT2D eigenvalue weighted by Gasteiger charge is -2.29. The molecule has 3 nitrogen and oxygen atoms in total. The number of likely N-dealkylation sites (tertiary alicyclic amines) is 1. The molecule has 0 aromatic carbocycles. The van der Waals surface area contributed by atoms with Crippen LogP contribution in [0, 0.1) is 17.3 Å². The highest BCUT2D eigenvalue weighted by Crippen LogP contribution is 2.37. The summed E-state index contributed by atoms with van der Waals surface area (Å²) in [6.45, 7) is 10.1. The molecule has 2 saturated heterocycles. The Balaban J connectivity index is 1.95. The molecule has 3 heteroatoms. The highest BCUT2D eigenvalue weighted by Gasteiger charge is 2.40. The van der Waals surface area contributed by atoms with Gasteiger partial charge in [0, 0.05) is 19.7 Å². The second kappa shape index (κ2) is 4.36. The van der Waals surface area contributed by atoms with Crippen molar-refractivity contribution in [3.8, 4) is 0 Å². The minimum Gasteiger partial charge on any atom is -0.381 e. The van der Waals surface area contributed by atoms with Gasteiger partial charge in [-0.15, -0.1) is 0 Å². The zero-order chi connectivity index (χ0) is 11.8. The van der Waals surface area contributed by atoms with E-state index < -0.39 is 0 Å². The van der Waals surface area contributed by atoms with E-state index in [0.29, 0.717) is 23.8 Å². The van der Waals surface area contributed by atoms with Crippen molar-refractivity contribution in [2.45, 2.75) is 33.6 Å². The van der Waals surface area contributed by atoms with Crippen molar-refractivity contribution in [2.75, 3.05) is 26.3 Å². The third kappa shape index (κ3) is 2.10. The zero-order valence-corrected chi connectivity index (χ0v) is 10.7. The van der Waals surface area contributed by atoms with Crippen LogP contribution >= 0.6 is 0 Å². The van der Waals surface area contributed by atoms with Gasteiger partial charge in [0.2, 0.25) is 5.91 Å². The normalized spacial score (nSPS) is 35.0. The Bertz CT molecular complexity index is 271. The lowest BCUT2D eigenvalue weighted by Crippen LogP contribution is -2.37. The summed E-state index contributed by atoms with van der Waals surface area (Å²) in [6.07, 6.45) is 2.05. The number of carbonyl (C=O) groups excluding carboxylic acids is 1. The number of hydrogen-bond donors (Lipinski definition) is 0. The van der Waals surface area contributed by atoms with Crippen molar-refractivity contribution in [2.24, 2.45) is 17.3 Å². The topological polar surface area (TPSA) is 29.5 Å². The quantitative estimate of drug-likeness (QED) is 0.718. The van der Waals surface area contributed by atoms with Crippen LogP contribution in [0.25, 0.3) is 0 Å². The van der Waals surface area contributed by atoms with Gasteiger partial charge in [-0.2, -0.15) is 0 Å². The van der Waals surface area contributed by atoms with Gasteiger partial charge >= 0.3 is 0 Å². The van der Waals surface area contributed by atoms with Crippen LogP contribution in [0.2, 0.25) is 0 Å². The van der Waals surface area contributed by atoms with E-state index in [9.17, 15) is 4.79 Å². The molecule has 0 aliphatic carbocycles. The number of amides is 1. The smallest absolute Gasteiger partial charge is 0.228 e. The van der Waals surface area contributed by atoms with Crippen molar-refractivity contribution in [3.63, 3.8) is 0 Å².